The molecule has 21 heavy (non-hydrogen) atoms. The zero-order valence-electron chi connectivity index (χ0n) is 11.6. The van der Waals surface area contributed by atoms with E-state index in [0.29, 0.717) is 0 Å². The number of benzene rings is 1. The fourth-order valence-electron chi connectivity index (χ4n) is 3.19. The predicted octanol–water partition coefficient (Wildman–Crippen LogP) is 1.59. The number of amidine groups is 1. The maximum Gasteiger partial charge on any atom is 0.282 e. The molecule has 0 spiro atoms. The first kappa shape index (κ1) is 12.6. The van der Waals surface area contributed by atoms with Crippen molar-refractivity contribution in [2.24, 2.45) is 11.0 Å². The van der Waals surface area contributed by atoms with Gasteiger partial charge in [-0.2, -0.15) is 5.43 Å². The molecule has 1 aromatic carbocycles. The second kappa shape index (κ2) is 4.71. The van der Waals surface area contributed by atoms with Crippen LogP contribution in [0.3, 0.4) is 0 Å². The van der Waals surface area contributed by atoms with Crippen LogP contribution in [0.1, 0.15) is 12.5 Å². The van der Waals surface area contributed by atoms with Crippen molar-refractivity contribution < 1.29 is 4.99 Å². The summed E-state index contributed by atoms with van der Waals surface area (Å²) >= 11 is 6.23. The highest BCUT2D eigenvalue weighted by Crippen LogP contribution is 2.35. The Labute approximate surface area is 128 Å². The molecular formula is C17H15ClN3+. The Morgan fingerprint density at radius 2 is 2.05 bits per heavy atom. The van der Waals surface area contributed by atoms with Crippen LogP contribution in [-0.2, 0) is 0 Å². The van der Waals surface area contributed by atoms with Gasteiger partial charge in [-0.25, -0.2) is 0 Å². The smallest absolute Gasteiger partial charge is 0.265 e. The van der Waals surface area contributed by atoms with Crippen molar-refractivity contribution in [1.82, 2.24) is 5.43 Å². The van der Waals surface area contributed by atoms with Crippen molar-refractivity contribution in [2.75, 3.05) is 0 Å². The molecule has 3 nitrogen and oxygen atoms in total. The van der Waals surface area contributed by atoms with Crippen molar-refractivity contribution in [2.45, 2.75) is 13.0 Å². The zero-order valence-corrected chi connectivity index (χ0v) is 12.4. The van der Waals surface area contributed by atoms with E-state index in [0.717, 1.165) is 16.6 Å². The quantitative estimate of drug-likeness (QED) is 0.811. The largest absolute Gasteiger partial charge is 0.282 e. The number of hydrogen-bond donors (Lipinski definition) is 2. The van der Waals surface area contributed by atoms with Gasteiger partial charge in [0.15, 0.2) is 0 Å². The van der Waals surface area contributed by atoms with Crippen LogP contribution in [0.25, 0.3) is 5.57 Å². The average Bonchev–Trinajstić information content (AvgIpc) is 2.87. The minimum absolute atomic E-state index is 0.141. The molecule has 0 bridgehead atoms. The summed E-state index contributed by atoms with van der Waals surface area (Å²) in [5.41, 5.74) is 7.92. The van der Waals surface area contributed by atoms with Crippen LogP contribution in [0.15, 0.2) is 64.3 Å². The summed E-state index contributed by atoms with van der Waals surface area (Å²) in [6.45, 7) is 2.06. The van der Waals surface area contributed by atoms with Gasteiger partial charge >= 0.3 is 0 Å². The van der Waals surface area contributed by atoms with Gasteiger partial charge in [0.05, 0.1) is 5.71 Å². The Bertz CT molecular complexity index is 753. The number of nitrogens with one attached hydrogen (secondary N) is 2. The Hall–Kier alpha value is -2.13. The molecule has 1 aromatic rings. The predicted molar refractivity (Wildman–Crippen MR) is 85.9 cm³/mol. The highest BCUT2D eigenvalue weighted by Gasteiger charge is 2.41. The molecule has 3 aliphatic rings. The molecule has 2 aliphatic heterocycles. The molecule has 0 radical (unpaired) electrons. The average molecular weight is 297 g/mol. The summed E-state index contributed by atoms with van der Waals surface area (Å²) in [6, 6.07) is 10.6. The Kier molecular flexibility index (Phi) is 2.82. The van der Waals surface area contributed by atoms with Crippen LogP contribution in [0.2, 0.25) is 0 Å². The normalized spacial score (nSPS) is 26.5. The van der Waals surface area contributed by atoms with E-state index < -0.39 is 0 Å². The summed E-state index contributed by atoms with van der Waals surface area (Å²) < 4.78 is 0. The maximum absolute atomic E-state index is 6.23. The third kappa shape index (κ3) is 1.96. The van der Waals surface area contributed by atoms with Gasteiger partial charge in [-0.15, -0.1) is 0 Å². The molecule has 1 aliphatic carbocycles. The van der Waals surface area contributed by atoms with E-state index in [1.165, 1.54) is 16.7 Å². The van der Waals surface area contributed by atoms with E-state index >= 15 is 0 Å². The molecule has 4 heteroatoms. The number of fused-ring (bicyclic) bond motifs is 2. The van der Waals surface area contributed by atoms with E-state index in [-0.39, 0.29) is 12.0 Å². The summed E-state index contributed by atoms with van der Waals surface area (Å²) in [4.78, 5) is 3.51. The van der Waals surface area contributed by atoms with Gasteiger partial charge in [-0.05, 0) is 36.3 Å². The van der Waals surface area contributed by atoms with Crippen molar-refractivity contribution >= 4 is 28.7 Å². The minimum Gasteiger partial charge on any atom is -0.265 e. The summed E-state index contributed by atoms with van der Waals surface area (Å²) in [5.74, 6) is 1.21. The lowest BCUT2D eigenvalue weighted by molar-refractivity contribution is -0.482. The number of halogens is 1. The molecule has 104 valence electrons. The van der Waals surface area contributed by atoms with E-state index in [9.17, 15) is 0 Å². The number of nitrogens with zero attached hydrogens (tertiary/aromatic N) is 1. The second-order valence-corrected chi connectivity index (χ2v) is 5.89. The lowest BCUT2D eigenvalue weighted by Gasteiger charge is -2.26. The van der Waals surface area contributed by atoms with Gasteiger partial charge in [0, 0.05) is 10.6 Å². The standard InChI is InChI=1S/C17H14ClN3/c1-10-15-16(11-5-3-2-4-6-11)13-9-12(18)7-8-14(13)19-17(15)21-20-10/h2-9,14-15H,1H3,(H,19,21)/p+1/t14-,15-/m0/s1. The molecule has 4 rings (SSSR count). The second-order valence-electron chi connectivity index (χ2n) is 5.46. The number of rotatable bonds is 1. The molecule has 0 amide bonds. The number of hydrazone groups is 1. The first-order chi connectivity index (χ1) is 10.2. The number of allylic oxidation sites excluding steroid dienone is 2. The maximum atomic E-state index is 6.23. The van der Waals surface area contributed by atoms with E-state index in [4.69, 9.17) is 11.6 Å². The topological polar surface area (TPSA) is 38.4 Å². The monoisotopic (exact) mass is 296 g/mol. The Morgan fingerprint density at radius 1 is 1.24 bits per heavy atom. The van der Waals surface area contributed by atoms with Crippen LogP contribution in [0, 0.1) is 5.92 Å². The SMILES string of the molecule is CC1=NNC2=[NH+][C@H]3C=CC(Cl)=CC3=C(c3ccccc3)[C@H]12. The summed E-state index contributed by atoms with van der Waals surface area (Å²) in [5, 5.41) is 5.15. The van der Waals surface area contributed by atoms with Crippen LogP contribution in [-0.4, -0.2) is 17.6 Å². The number of hydrogen-bond acceptors (Lipinski definition) is 2. The van der Waals surface area contributed by atoms with E-state index in [1.807, 2.05) is 12.1 Å². The van der Waals surface area contributed by atoms with Crippen molar-refractivity contribution in [3.63, 3.8) is 0 Å². The third-order valence-corrected chi connectivity index (χ3v) is 4.37. The Balaban J connectivity index is 1.96. The molecule has 2 N–H and O–H groups in total. The van der Waals surface area contributed by atoms with Gasteiger partial charge in [0.1, 0.15) is 12.0 Å². The molecular weight excluding hydrogens is 282 g/mol. The van der Waals surface area contributed by atoms with Gasteiger partial charge in [0.25, 0.3) is 5.84 Å². The van der Waals surface area contributed by atoms with Gasteiger partial charge in [-0.1, -0.05) is 47.0 Å². The molecule has 0 unspecified atom stereocenters. The Morgan fingerprint density at radius 3 is 2.86 bits per heavy atom. The van der Waals surface area contributed by atoms with Crippen molar-refractivity contribution in [3.8, 4) is 0 Å². The van der Waals surface area contributed by atoms with Crippen LogP contribution >= 0.6 is 11.6 Å². The fraction of sp³-hybridized carbons (Fsp3) is 0.176. The van der Waals surface area contributed by atoms with Gasteiger partial charge in [0.2, 0.25) is 0 Å². The lowest BCUT2D eigenvalue weighted by Crippen LogP contribution is -2.84. The minimum atomic E-state index is 0.141. The molecule has 0 saturated carbocycles. The van der Waals surface area contributed by atoms with Gasteiger partial charge in [-0.3, -0.25) is 4.99 Å². The lowest BCUT2D eigenvalue weighted by atomic mass is 9.80. The van der Waals surface area contributed by atoms with E-state index in [2.05, 4.69) is 58.9 Å². The summed E-state index contributed by atoms with van der Waals surface area (Å²) in [7, 11) is 0. The van der Waals surface area contributed by atoms with Crippen LogP contribution in [0.5, 0.6) is 0 Å². The van der Waals surface area contributed by atoms with E-state index in [1.54, 1.807) is 0 Å². The first-order valence-electron chi connectivity index (χ1n) is 7.02. The molecule has 0 saturated heterocycles. The van der Waals surface area contributed by atoms with Gasteiger partial charge < -0.3 is 0 Å². The zero-order chi connectivity index (χ0) is 14.4. The van der Waals surface area contributed by atoms with Crippen molar-refractivity contribution in [1.29, 1.82) is 0 Å². The highest BCUT2D eigenvalue weighted by molar-refractivity contribution is 6.31. The third-order valence-electron chi connectivity index (χ3n) is 4.13. The first-order valence-corrected chi connectivity index (χ1v) is 7.40. The van der Waals surface area contributed by atoms with Crippen molar-refractivity contribution in [3.05, 3.63) is 64.7 Å². The molecule has 2 atom stereocenters. The van der Waals surface area contributed by atoms with Crippen LogP contribution < -0.4 is 10.4 Å². The molecule has 0 fully saturated rings. The molecule has 0 aromatic heterocycles. The highest BCUT2D eigenvalue weighted by atomic mass is 35.5. The fourth-order valence-corrected chi connectivity index (χ4v) is 3.38. The summed E-state index contributed by atoms with van der Waals surface area (Å²) in [6.07, 6.45) is 6.10. The van der Waals surface area contributed by atoms with Crippen LogP contribution in [0.4, 0.5) is 0 Å². The molecule has 2 heterocycles.